The molecular weight excluding hydrogens is 284 g/mol. The standard InChI is InChI=1S/C16H24N2O4/c1-11-9-8-10-12(17-11)18(15(2,3)4)13(19)21-14(20)22-16(5,6)7/h8-10H,1-7H3. The molecule has 0 radical (unpaired) electrons. The fourth-order valence-corrected chi connectivity index (χ4v) is 1.75. The fraction of sp³-hybridized carbons (Fsp3) is 0.562. The van der Waals surface area contributed by atoms with Crippen molar-refractivity contribution in [2.45, 2.75) is 59.6 Å². The number of aryl methyl sites for hydroxylation is 1. The lowest BCUT2D eigenvalue weighted by atomic mass is 10.1. The monoisotopic (exact) mass is 308 g/mol. The molecule has 122 valence electrons. The number of carbonyl (C=O) groups excluding carboxylic acids is 2. The van der Waals surface area contributed by atoms with Crippen molar-refractivity contribution in [3.05, 3.63) is 23.9 Å². The van der Waals surface area contributed by atoms with Crippen LogP contribution in [0.1, 0.15) is 47.2 Å². The summed E-state index contributed by atoms with van der Waals surface area (Å²) in [5.41, 5.74) is -0.581. The zero-order valence-corrected chi connectivity index (χ0v) is 14.3. The summed E-state index contributed by atoms with van der Waals surface area (Å²) in [6.07, 6.45) is -1.85. The summed E-state index contributed by atoms with van der Waals surface area (Å²) in [4.78, 5) is 29.7. The van der Waals surface area contributed by atoms with Crippen molar-refractivity contribution >= 4 is 18.1 Å². The van der Waals surface area contributed by atoms with Gasteiger partial charge in [0.1, 0.15) is 11.4 Å². The van der Waals surface area contributed by atoms with Gasteiger partial charge in [-0.15, -0.1) is 0 Å². The molecule has 0 aliphatic heterocycles. The highest BCUT2D eigenvalue weighted by molar-refractivity contribution is 5.93. The van der Waals surface area contributed by atoms with Gasteiger partial charge in [0, 0.05) is 11.2 Å². The van der Waals surface area contributed by atoms with E-state index in [2.05, 4.69) is 4.98 Å². The Morgan fingerprint density at radius 2 is 1.68 bits per heavy atom. The highest BCUT2D eigenvalue weighted by Gasteiger charge is 2.33. The molecule has 0 aliphatic carbocycles. The molecule has 0 spiro atoms. The van der Waals surface area contributed by atoms with Crippen LogP contribution in [-0.4, -0.2) is 28.4 Å². The number of anilines is 1. The van der Waals surface area contributed by atoms with Crippen LogP contribution < -0.4 is 4.90 Å². The zero-order valence-electron chi connectivity index (χ0n) is 14.3. The van der Waals surface area contributed by atoms with E-state index in [0.717, 1.165) is 5.69 Å². The van der Waals surface area contributed by atoms with Crippen molar-refractivity contribution in [3.63, 3.8) is 0 Å². The minimum Gasteiger partial charge on any atom is -0.428 e. The molecule has 0 N–H and O–H groups in total. The number of hydrogen-bond acceptors (Lipinski definition) is 5. The van der Waals surface area contributed by atoms with Gasteiger partial charge in [0.2, 0.25) is 0 Å². The molecule has 1 rings (SSSR count). The Morgan fingerprint density at radius 1 is 1.09 bits per heavy atom. The first-order chi connectivity index (χ1) is 9.90. The summed E-state index contributed by atoms with van der Waals surface area (Å²) in [7, 11) is 0. The smallest absolute Gasteiger partial charge is 0.428 e. The Kier molecular flexibility index (Phi) is 5.17. The average Bonchev–Trinajstić information content (AvgIpc) is 2.23. The van der Waals surface area contributed by atoms with Gasteiger partial charge in [-0.05, 0) is 60.6 Å². The topological polar surface area (TPSA) is 68.7 Å². The van der Waals surface area contributed by atoms with Crippen LogP contribution in [0.2, 0.25) is 0 Å². The van der Waals surface area contributed by atoms with Gasteiger partial charge < -0.3 is 9.47 Å². The van der Waals surface area contributed by atoms with Crippen LogP contribution >= 0.6 is 0 Å². The predicted molar refractivity (Wildman–Crippen MR) is 83.9 cm³/mol. The molecule has 0 saturated carbocycles. The second kappa shape index (κ2) is 6.34. The molecule has 0 saturated heterocycles. The summed E-state index contributed by atoms with van der Waals surface area (Å²) in [6, 6.07) is 5.30. The van der Waals surface area contributed by atoms with Crippen LogP contribution in [0.25, 0.3) is 0 Å². The van der Waals surface area contributed by atoms with E-state index in [1.165, 1.54) is 4.90 Å². The maximum atomic E-state index is 12.4. The van der Waals surface area contributed by atoms with Crippen LogP contribution in [0.15, 0.2) is 18.2 Å². The van der Waals surface area contributed by atoms with Crippen molar-refractivity contribution in [2.24, 2.45) is 0 Å². The average molecular weight is 308 g/mol. The normalized spacial score (nSPS) is 11.8. The molecule has 1 aromatic heterocycles. The molecule has 0 fully saturated rings. The maximum absolute atomic E-state index is 12.4. The molecule has 0 aliphatic rings. The van der Waals surface area contributed by atoms with Gasteiger partial charge in [-0.3, -0.25) is 4.90 Å². The van der Waals surface area contributed by atoms with Crippen molar-refractivity contribution in [3.8, 4) is 0 Å². The molecular formula is C16H24N2O4. The number of carbonyl (C=O) groups is 2. The fourth-order valence-electron chi connectivity index (χ4n) is 1.75. The second-order valence-electron chi connectivity index (χ2n) is 6.98. The third-order valence-electron chi connectivity index (χ3n) is 2.52. The van der Waals surface area contributed by atoms with Gasteiger partial charge in [-0.1, -0.05) is 6.07 Å². The third kappa shape index (κ3) is 5.35. The van der Waals surface area contributed by atoms with E-state index in [-0.39, 0.29) is 0 Å². The minimum atomic E-state index is -1.03. The lowest BCUT2D eigenvalue weighted by molar-refractivity contribution is 0.00956. The Bertz CT molecular complexity index is 556. The lowest BCUT2D eigenvalue weighted by Gasteiger charge is -2.33. The van der Waals surface area contributed by atoms with Crippen LogP contribution in [0, 0.1) is 6.92 Å². The molecule has 1 aromatic rings. The predicted octanol–water partition coefficient (Wildman–Crippen LogP) is 4.07. The van der Waals surface area contributed by atoms with Crippen LogP contribution in [-0.2, 0) is 9.47 Å². The highest BCUT2D eigenvalue weighted by atomic mass is 16.8. The molecule has 6 nitrogen and oxygen atoms in total. The number of rotatable bonds is 1. The first kappa shape index (κ1) is 17.9. The number of amides is 1. The summed E-state index contributed by atoms with van der Waals surface area (Å²) in [6.45, 7) is 12.4. The number of aromatic nitrogens is 1. The molecule has 1 amide bonds. The number of pyridine rings is 1. The molecule has 0 unspecified atom stereocenters. The van der Waals surface area contributed by atoms with Crippen LogP contribution in [0.3, 0.4) is 0 Å². The van der Waals surface area contributed by atoms with Gasteiger partial charge >= 0.3 is 12.2 Å². The molecule has 1 heterocycles. The van der Waals surface area contributed by atoms with Crippen LogP contribution in [0.5, 0.6) is 0 Å². The first-order valence-electron chi connectivity index (χ1n) is 7.09. The molecule has 0 bridgehead atoms. The first-order valence-corrected chi connectivity index (χ1v) is 7.09. The van der Waals surface area contributed by atoms with E-state index >= 15 is 0 Å². The van der Waals surface area contributed by atoms with E-state index in [9.17, 15) is 9.59 Å². The van der Waals surface area contributed by atoms with E-state index in [1.54, 1.807) is 32.9 Å². The Balaban J connectivity index is 2.99. The summed E-state index contributed by atoms with van der Waals surface area (Å²) in [5, 5.41) is 0. The Morgan fingerprint density at radius 3 is 2.14 bits per heavy atom. The summed E-state index contributed by atoms with van der Waals surface area (Å²) in [5.74, 6) is 0.418. The molecule has 0 aromatic carbocycles. The van der Waals surface area contributed by atoms with Crippen molar-refractivity contribution in [2.75, 3.05) is 4.90 Å². The van der Waals surface area contributed by atoms with Crippen molar-refractivity contribution in [1.82, 2.24) is 4.98 Å². The Hall–Kier alpha value is -2.11. The number of hydrogen-bond donors (Lipinski definition) is 0. The maximum Gasteiger partial charge on any atom is 0.517 e. The summed E-state index contributed by atoms with van der Waals surface area (Å²) >= 11 is 0. The van der Waals surface area contributed by atoms with E-state index < -0.39 is 23.4 Å². The molecule has 6 heteroatoms. The molecule has 0 atom stereocenters. The third-order valence-corrected chi connectivity index (χ3v) is 2.52. The van der Waals surface area contributed by atoms with Gasteiger partial charge in [-0.25, -0.2) is 14.6 Å². The largest absolute Gasteiger partial charge is 0.517 e. The van der Waals surface area contributed by atoms with Gasteiger partial charge in [0.25, 0.3) is 0 Å². The minimum absolute atomic E-state index is 0.418. The van der Waals surface area contributed by atoms with E-state index in [4.69, 9.17) is 9.47 Å². The van der Waals surface area contributed by atoms with Gasteiger partial charge in [0.15, 0.2) is 0 Å². The zero-order chi connectivity index (χ0) is 17.1. The number of nitrogens with zero attached hydrogens (tertiary/aromatic N) is 2. The quantitative estimate of drug-likeness (QED) is 0.578. The SMILES string of the molecule is Cc1cccc(N(C(=O)OC(=O)OC(C)(C)C)C(C)(C)C)n1. The van der Waals surface area contributed by atoms with Crippen molar-refractivity contribution in [1.29, 1.82) is 0 Å². The summed E-state index contributed by atoms with van der Waals surface area (Å²) < 4.78 is 9.80. The van der Waals surface area contributed by atoms with E-state index in [1.807, 2.05) is 33.8 Å². The van der Waals surface area contributed by atoms with Gasteiger partial charge in [-0.2, -0.15) is 0 Å². The van der Waals surface area contributed by atoms with Crippen LogP contribution in [0.4, 0.5) is 15.4 Å². The highest BCUT2D eigenvalue weighted by Crippen LogP contribution is 2.23. The lowest BCUT2D eigenvalue weighted by Crippen LogP contribution is -2.47. The van der Waals surface area contributed by atoms with Gasteiger partial charge in [0.05, 0.1) is 0 Å². The second-order valence-corrected chi connectivity index (χ2v) is 6.98. The van der Waals surface area contributed by atoms with Crippen molar-refractivity contribution < 1.29 is 19.1 Å². The molecule has 22 heavy (non-hydrogen) atoms. The number of ether oxygens (including phenoxy) is 2. The van der Waals surface area contributed by atoms with E-state index in [0.29, 0.717) is 5.82 Å². The Labute approximate surface area is 131 Å².